The molecule has 5 heteroatoms. The molecule has 6 rings (SSSR count). The van der Waals surface area contributed by atoms with Crippen LogP contribution in [-0.4, -0.2) is 15.9 Å². The van der Waals surface area contributed by atoms with Crippen molar-refractivity contribution in [1.29, 1.82) is 0 Å². The van der Waals surface area contributed by atoms with Gasteiger partial charge in [-0.05, 0) is 76.6 Å². The number of pyridine rings is 1. The molecule has 239 valence electrons. The number of rotatable bonds is 7. The van der Waals surface area contributed by atoms with Gasteiger partial charge in [0.15, 0.2) is 5.78 Å². The van der Waals surface area contributed by atoms with E-state index in [0.717, 1.165) is 44.1 Å². The zero-order valence-corrected chi connectivity index (χ0v) is 30.1. The number of hydrogen-bond donors (Lipinski definition) is 1. The molecular formula is C40H46IrNO3-. The second kappa shape index (κ2) is 14.4. The van der Waals surface area contributed by atoms with Crippen LogP contribution in [-0.2, 0) is 24.9 Å². The predicted octanol–water partition coefficient (Wildman–Crippen LogP) is 11.3. The average Bonchev–Trinajstić information content (AvgIpc) is 3.51. The molecule has 45 heavy (non-hydrogen) atoms. The number of aliphatic hydroxyl groups excluding tert-OH is 1. The van der Waals surface area contributed by atoms with E-state index in [1.807, 2.05) is 46.0 Å². The van der Waals surface area contributed by atoms with Gasteiger partial charge in [0.2, 0.25) is 0 Å². The third-order valence-corrected chi connectivity index (χ3v) is 8.56. The fraction of sp³-hybridized carbons (Fsp3) is 0.400. The molecule has 2 heterocycles. The molecule has 1 unspecified atom stereocenters. The summed E-state index contributed by atoms with van der Waals surface area (Å²) in [5.41, 5.74) is 6.68. The molecule has 2 aromatic heterocycles. The number of benzene rings is 3. The minimum Gasteiger partial charge on any atom is -0.512 e. The Morgan fingerprint density at radius 1 is 1.02 bits per heavy atom. The number of fused-ring (bicyclic) bond motifs is 4. The topological polar surface area (TPSA) is 63.3 Å². The number of aryl methyl sites for hydroxylation is 1. The molecule has 1 fully saturated rings. The number of hydrogen-bond acceptors (Lipinski definition) is 4. The van der Waals surface area contributed by atoms with Crippen LogP contribution in [0.25, 0.3) is 44.0 Å². The van der Waals surface area contributed by atoms with Crippen LogP contribution in [0.5, 0.6) is 0 Å². The van der Waals surface area contributed by atoms with E-state index in [1.54, 1.807) is 0 Å². The molecule has 1 saturated carbocycles. The van der Waals surface area contributed by atoms with Gasteiger partial charge in [0.05, 0.1) is 11.3 Å². The van der Waals surface area contributed by atoms with Crippen LogP contribution in [0.3, 0.4) is 0 Å². The van der Waals surface area contributed by atoms with Gasteiger partial charge in [-0.2, -0.15) is 0 Å². The smallest absolute Gasteiger partial charge is 0.159 e. The summed E-state index contributed by atoms with van der Waals surface area (Å²) in [6, 6.07) is 23.0. The van der Waals surface area contributed by atoms with Crippen molar-refractivity contribution in [1.82, 2.24) is 4.98 Å². The van der Waals surface area contributed by atoms with Gasteiger partial charge in [0.25, 0.3) is 0 Å². The van der Waals surface area contributed by atoms with Crippen molar-refractivity contribution in [3.63, 3.8) is 0 Å². The first-order chi connectivity index (χ1) is 20.9. The third-order valence-electron chi connectivity index (χ3n) is 8.56. The summed E-state index contributed by atoms with van der Waals surface area (Å²) in [4.78, 5) is 16.0. The fourth-order valence-electron chi connectivity index (χ4n) is 6.56. The van der Waals surface area contributed by atoms with Crippen LogP contribution in [0.2, 0.25) is 0 Å². The maximum Gasteiger partial charge on any atom is 0.159 e. The molecule has 3 aromatic carbocycles. The first kappa shape index (κ1) is 34.6. The Balaban J connectivity index is 0.000000283. The molecule has 1 aliphatic carbocycles. The van der Waals surface area contributed by atoms with Crippen LogP contribution < -0.4 is 0 Å². The van der Waals surface area contributed by atoms with Gasteiger partial charge < -0.3 is 14.5 Å². The first-order valence-corrected chi connectivity index (χ1v) is 16.1. The van der Waals surface area contributed by atoms with Crippen LogP contribution in [0.1, 0.15) is 90.7 Å². The summed E-state index contributed by atoms with van der Waals surface area (Å²) < 4.78 is 6.30. The summed E-state index contributed by atoms with van der Waals surface area (Å²) in [5, 5.41) is 14.0. The maximum absolute atomic E-state index is 11.2. The number of aromatic nitrogens is 1. The van der Waals surface area contributed by atoms with Crippen molar-refractivity contribution < 1.29 is 34.4 Å². The third kappa shape index (κ3) is 8.31. The molecule has 1 N–H and O–H groups in total. The second-order valence-electron chi connectivity index (χ2n) is 14.2. The molecule has 1 radical (unpaired) electrons. The van der Waals surface area contributed by atoms with Gasteiger partial charge in [0, 0.05) is 50.6 Å². The summed E-state index contributed by atoms with van der Waals surface area (Å²) >= 11 is 0. The molecule has 5 aromatic rings. The molecule has 0 spiro atoms. The van der Waals surface area contributed by atoms with Gasteiger partial charge in [-0.25, -0.2) is 0 Å². The summed E-state index contributed by atoms with van der Waals surface area (Å²) in [6.07, 6.45) is 8.24. The molecule has 0 aliphatic heterocycles. The number of ketones is 1. The van der Waals surface area contributed by atoms with Crippen molar-refractivity contribution >= 4 is 38.5 Å². The predicted molar refractivity (Wildman–Crippen MR) is 183 cm³/mol. The Kier molecular flexibility index (Phi) is 11.1. The van der Waals surface area contributed by atoms with E-state index >= 15 is 0 Å². The van der Waals surface area contributed by atoms with E-state index in [1.165, 1.54) is 36.3 Å². The van der Waals surface area contributed by atoms with E-state index in [2.05, 4.69) is 69.3 Å². The van der Waals surface area contributed by atoms with Gasteiger partial charge in [0.1, 0.15) is 5.58 Å². The second-order valence-corrected chi connectivity index (χ2v) is 14.2. The van der Waals surface area contributed by atoms with Gasteiger partial charge >= 0.3 is 0 Å². The van der Waals surface area contributed by atoms with E-state index in [4.69, 9.17) is 9.40 Å². The minimum atomic E-state index is 0. The Morgan fingerprint density at radius 3 is 2.44 bits per heavy atom. The number of aliphatic hydroxyl groups is 1. The molecule has 4 nitrogen and oxygen atoms in total. The van der Waals surface area contributed by atoms with Crippen molar-refractivity contribution in [2.45, 2.75) is 86.5 Å². The zero-order chi connectivity index (χ0) is 31.6. The van der Waals surface area contributed by atoms with Gasteiger partial charge in [-0.3, -0.25) is 4.79 Å². The number of carbonyl (C=O) groups is 1. The van der Waals surface area contributed by atoms with Crippen molar-refractivity contribution in [3.05, 3.63) is 89.8 Å². The minimum absolute atomic E-state index is 0. The number of para-hydroxylation sites is 1. The normalized spacial score (nSPS) is 16.3. The average molecular weight is 781 g/mol. The molecule has 1 atom stereocenters. The summed E-state index contributed by atoms with van der Waals surface area (Å²) in [7, 11) is 0. The van der Waals surface area contributed by atoms with E-state index in [-0.39, 0.29) is 31.6 Å². The number of nitrogens with zero attached hydrogens (tertiary/aromatic N) is 1. The van der Waals surface area contributed by atoms with E-state index in [0.29, 0.717) is 36.0 Å². The zero-order valence-electron chi connectivity index (χ0n) is 27.7. The van der Waals surface area contributed by atoms with Crippen LogP contribution in [0.15, 0.2) is 77.0 Å². The van der Waals surface area contributed by atoms with Crippen molar-refractivity contribution in [3.8, 4) is 11.3 Å². The first-order valence-electron chi connectivity index (χ1n) is 16.1. The number of carbonyl (C=O) groups excluding carboxylic acids is 1. The Labute approximate surface area is 281 Å². The van der Waals surface area contributed by atoms with E-state index in [9.17, 15) is 9.90 Å². The fourth-order valence-corrected chi connectivity index (χ4v) is 6.56. The van der Waals surface area contributed by atoms with E-state index < -0.39 is 0 Å². The van der Waals surface area contributed by atoms with Crippen LogP contribution in [0.4, 0.5) is 0 Å². The molecule has 0 saturated heterocycles. The SMILES string of the molecule is CC(C)CC(=O)/C=C(\O)CC(C)C.Cc1[c-]c(-c2nccc3cc(C4CCC(C)(C)C4)ccc23)c2oc3ccccc3c2c1.[Ir]. The Bertz CT molecular complexity index is 1830. The molecule has 1 aliphatic rings. The number of furan rings is 1. The van der Waals surface area contributed by atoms with Gasteiger partial charge in [-0.15, -0.1) is 17.7 Å². The van der Waals surface area contributed by atoms with Crippen molar-refractivity contribution in [2.24, 2.45) is 17.3 Å². The summed E-state index contributed by atoms with van der Waals surface area (Å²) in [5.74, 6) is 1.64. The van der Waals surface area contributed by atoms with Crippen LogP contribution in [0, 0.1) is 30.2 Å². The van der Waals surface area contributed by atoms with Crippen LogP contribution >= 0.6 is 0 Å². The Morgan fingerprint density at radius 2 is 1.76 bits per heavy atom. The maximum atomic E-state index is 11.2. The van der Waals surface area contributed by atoms with Gasteiger partial charge in [-0.1, -0.05) is 95.8 Å². The summed E-state index contributed by atoms with van der Waals surface area (Å²) in [6.45, 7) is 14.9. The van der Waals surface area contributed by atoms with Crippen molar-refractivity contribution in [2.75, 3.05) is 0 Å². The standard InChI is InChI=1S/C29H26NO.C11H20O2.Ir/c1-18-14-24-23-6-4-5-7-26(23)31-28(24)25(15-18)27-22-9-8-19(16-20(22)11-13-30-27)21-10-12-29(2,3)17-21;1-8(2)5-10(12)7-11(13)6-9(3)4;/h4-9,11,13-14,16,21H,10,12,17H2,1-3H3;7-9,12H,5-6H2,1-4H3;/q-1;;/b;10-7-;. The molecule has 0 amide bonds. The molecule has 0 bridgehead atoms. The number of allylic oxidation sites excluding steroid dienone is 2. The quantitative estimate of drug-likeness (QED) is 0.101. The molecular weight excluding hydrogens is 735 g/mol. The Hall–Kier alpha value is -3.27. The largest absolute Gasteiger partial charge is 0.512 e. The monoisotopic (exact) mass is 781 g/mol.